The molecule has 0 saturated carbocycles. The topological polar surface area (TPSA) is 0 Å². The van der Waals surface area contributed by atoms with Gasteiger partial charge in [-0.15, -0.1) is 0 Å². The van der Waals surface area contributed by atoms with Gasteiger partial charge in [0.2, 0.25) is 0 Å². The first-order valence-corrected chi connectivity index (χ1v) is 6.09. The van der Waals surface area contributed by atoms with Crippen molar-refractivity contribution in [3.8, 4) is 11.1 Å². The highest BCUT2D eigenvalue weighted by Crippen LogP contribution is 2.38. The largest absolute Gasteiger partial charge is 0.417 e. The quantitative estimate of drug-likeness (QED) is 0.486. The van der Waals surface area contributed by atoms with Crippen LogP contribution in [0, 0.1) is 9.39 Å². The number of halogens is 5. The van der Waals surface area contributed by atoms with Crippen LogP contribution in [0.15, 0.2) is 42.5 Å². The average Bonchev–Trinajstić information content (AvgIpc) is 2.29. The summed E-state index contributed by atoms with van der Waals surface area (Å²) in [5.41, 5.74) is -0.998. The Labute approximate surface area is 115 Å². The number of alkyl halides is 3. The molecule has 0 spiro atoms. The summed E-state index contributed by atoms with van der Waals surface area (Å²) in [6, 6.07) is 9.28. The van der Waals surface area contributed by atoms with Crippen molar-refractivity contribution >= 4 is 22.6 Å². The second kappa shape index (κ2) is 4.87. The Hall–Kier alpha value is -1.11. The van der Waals surface area contributed by atoms with Crippen molar-refractivity contribution in [1.29, 1.82) is 0 Å². The van der Waals surface area contributed by atoms with Crippen LogP contribution in [-0.4, -0.2) is 0 Å². The summed E-state index contributed by atoms with van der Waals surface area (Å²) in [6.45, 7) is 0. The second-order valence-corrected chi connectivity index (χ2v) is 4.91. The molecule has 0 saturated heterocycles. The summed E-state index contributed by atoms with van der Waals surface area (Å²) >= 11 is 1.80. The van der Waals surface area contributed by atoms with Gasteiger partial charge in [0.15, 0.2) is 0 Å². The molecule has 0 atom stereocenters. The van der Waals surface area contributed by atoms with Gasteiger partial charge in [0.25, 0.3) is 0 Å². The van der Waals surface area contributed by atoms with Gasteiger partial charge in [-0.3, -0.25) is 0 Å². The maximum atomic E-state index is 13.6. The van der Waals surface area contributed by atoms with Crippen LogP contribution >= 0.6 is 22.6 Å². The lowest BCUT2D eigenvalue weighted by molar-refractivity contribution is -0.137. The number of benzene rings is 2. The molecule has 94 valence electrons. The van der Waals surface area contributed by atoms with Crippen LogP contribution in [-0.2, 0) is 6.18 Å². The molecular weight excluding hydrogens is 359 g/mol. The minimum absolute atomic E-state index is 0.0405. The smallest absolute Gasteiger partial charge is 0.206 e. The molecule has 0 aromatic heterocycles. The van der Waals surface area contributed by atoms with Crippen LogP contribution in [0.5, 0.6) is 0 Å². The normalized spacial score (nSPS) is 11.6. The van der Waals surface area contributed by atoms with Crippen LogP contribution in [0.3, 0.4) is 0 Å². The fraction of sp³-hybridized carbons (Fsp3) is 0.0769. The maximum absolute atomic E-state index is 13.6. The Morgan fingerprint density at radius 2 is 1.56 bits per heavy atom. The highest BCUT2D eigenvalue weighted by Gasteiger charge is 2.34. The van der Waals surface area contributed by atoms with Gasteiger partial charge < -0.3 is 0 Å². The van der Waals surface area contributed by atoms with Crippen LogP contribution in [0.4, 0.5) is 17.6 Å². The molecule has 18 heavy (non-hydrogen) atoms. The first-order valence-electron chi connectivity index (χ1n) is 5.01. The molecule has 0 unspecified atom stereocenters. The van der Waals surface area contributed by atoms with E-state index in [4.69, 9.17) is 0 Å². The molecule has 0 aliphatic rings. The van der Waals surface area contributed by atoms with E-state index in [0.717, 1.165) is 12.1 Å². The Kier molecular flexibility index (Phi) is 3.61. The van der Waals surface area contributed by atoms with Crippen molar-refractivity contribution in [2.75, 3.05) is 0 Å². The van der Waals surface area contributed by atoms with E-state index >= 15 is 0 Å². The van der Waals surface area contributed by atoms with E-state index < -0.39 is 17.6 Å². The lowest BCUT2D eigenvalue weighted by atomic mass is 9.99. The van der Waals surface area contributed by atoms with Gasteiger partial charge in [0, 0.05) is 9.13 Å². The Bertz CT molecular complexity index is 575. The summed E-state index contributed by atoms with van der Waals surface area (Å²) in [6.07, 6.45) is -4.50. The van der Waals surface area contributed by atoms with E-state index in [-0.39, 0.29) is 11.1 Å². The van der Waals surface area contributed by atoms with Gasteiger partial charge >= 0.3 is 6.18 Å². The summed E-state index contributed by atoms with van der Waals surface area (Å²) in [7, 11) is 0. The first-order chi connectivity index (χ1) is 8.39. The van der Waals surface area contributed by atoms with E-state index in [0.29, 0.717) is 3.57 Å². The summed E-state index contributed by atoms with van der Waals surface area (Å²) in [5.74, 6) is -0.663. The molecule has 0 fully saturated rings. The van der Waals surface area contributed by atoms with Gasteiger partial charge in [-0.1, -0.05) is 24.3 Å². The highest BCUT2D eigenvalue weighted by atomic mass is 127. The van der Waals surface area contributed by atoms with Crippen molar-refractivity contribution in [3.05, 3.63) is 57.4 Å². The van der Waals surface area contributed by atoms with Gasteiger partial charge in [-0.2, -0.15) is 13.2 Å². The Morgan fingerprint density at radius 1 is 0.889 bits per heavy atom. The van der Waals surface area contributed by atoms with Crippen LogP contribution in [0.2, 0.25) is 0 Å². The fourth-order valence-corrected chi connectivity index (χ4v) is 2.16. The zero-order chi connectivity index (χ0) is 13.3. The third-order valence-corrected chi connectivity index (χ3v) is 3.12. The lowest BCUT2D eigenvalue weighted by Crippen LogP contribution is -2.08. The van der Waals surface area contributed by atoms with Gasteiger partial charge in [0.05, 0.1) is 5.56 Å². The van der Waals surface area contributed by atoms with E-state index in [1.54, 1.807) is 22.6 Å². The van der Waals surface area contributed by atoms with Crippen molar-refractivity contribution in [2.24, 2.45) is 0 Å². The molecule has 0 nitrogen and oxygen atoms in total. The number of hydrogen-bond acceptors (Lipinski definition) is 0. The molecule has 0 aliphatic carbocycles. The molecule has 0 amide bonds. The van der Waals surface area contributed by atoms with Crippen molar-refractivity contribution in [3.63, 3.8) is 0 Å². The first kappa shape index (κ1) is 13.3. The standard InChI is InChI=1S/C13H7F4I/c14-12-4-2-1-3-10(12)9-6-5-8(18)7-11(9)13(15,16)17/h1-7H. The van der Waals surface area contributed by atoms with Crippen molar-refractivity contribution in [2.45, 2.75) is 6.18 Å². The van der Waals surface area contributed by atoms with E-state index in [1.165, 1.54) is 30.3 Å². The van der Waals surface area contributed by atoms with E-state index in [1.807, 2.05) is 0 Å². The molecule has 2 aromatic rings. The number of rotatable bonds is 1. The summed E-state index contributed by atoms with van der Waals surface area (Å²) in [5, 5.41) is 0. The van der Waals surface area contributed by atoms with Crippen LogP contribution in [0.1, 0.15) is 5.56 Å². The highest BCUT2D eigenvalue weighted by molar-refractivity contribution is 14.1. The minimum Gasteiger partial charge on any atom is -0.206 e. The molecule has 0 aliphatic heterocycles. The van der Waals surface area contributed by atoms with Gasteiger partial charge in [0.1, 0.15) is 5.82 Å². The zero-order valence-electron chi connectivity index (χ0n) is 8.93. The average molecular weight is 366 g/mol. The van der Waals surface area contributed by atoms with Gasteiger partial charge in [-0.05, 0) is 46.4 Å². The number of hydrogen-bond donors (Lipinski definition) is 0. The second-order valence-electron chi connectivity index (χ2n) is 3.67. The monoisotopic (exact) mass is 366 g/mol. The minimum atomic E-state index is -4.50. The maximum Gasteiger partial charge on any atom is 0.417 e. The summed E-state index contributed by atoms with van der Waals surface area (Å²) in [4.78, 5) is 0. The van der Waals surface area contributed by atoms with E-state index in [2.05, 4.69) is 0 Å². The third-order valence-electron chi connectivity index (χ3n) is 2.45. The lowest BCUT2D eigenvalue weighted by Gasteiger charge is -2.14. The van der Waals surface area contributed by atoms with E-state index in [9.17, 15) is 17.6 Å². The predicted octanol–water partition coefficient (Wildman–Crippen LogP) is 5.12. The fourth-order valence-electron chi connectivity index (χ4n) is 1.67. The molecule has 0 bridgehead atoms. The molecule has 0 radical (unpaired) electrons. The molecule has 5 heteroatoms. The Balaban J connectivity index is 2.69. The molecular formula is C13H7F4I. The van der Waals surface area contributed by atoms with Crippen LogP contribution in [0.25, 0.3) is 11.1 Å². The molecule has 2 aromatic carbocycles. The third kappa shape index (κ3) is 2.66. The zero-order valence-corrected chi connectivity index (χ0v) is 11.1. The van der Waals surface area contributed by atoms with Crippen molar-refractivity contribution < 1.29 is 17.6 Å². The SMILES string of the molecule is Fc1ccccc1-c1ccc(I)cc1C(F)(F)F. The van der Waals surface area contributed by atoms with Gasteiger partial charge in [-0.25, -0.2) is 4.39 Å². The van der Waals surface area contributed by atoms with Crippen LogP contribution < -0.4 is 0 Å². The Morgan fingerprint density at radius 3 is 2.17 bits per heavy atom. The molecule has 0 N–H and O–H groups in total. The molecule has 0 heterocycles. The van der Waals surface area contributed by atoms with Crippen molar-refractivity contribution in [1.82, 2.24) is 0 Å². The summed E-state index contributed by atoms with van der Waals surface area (Å²) < 4.78 is 52.8. The molecule has 2 rings (SSSR count). The predicted molar refractivity (Wildman–Crippen MR) is 69.6 cm³/mol.